The van der Waals surface area contributed by atoms with Crippen molar-refractivity contribution in [3.05, 3.63) is 52.7 Å². The van der Waals surface area contributed by atoms with Gasteiger partial charge in [-0.1, -0.05) is 24.3 Å². The predicted octanol–water partition coefficient (Wildman–Crippen LogP) is 3.71. The second-order valence-electron chi connectivity index (χ2n) is 3.85. The monoisotopic (exact) mass is 245 g/mol. The van der Waals surface area contributed by atoms with Gasteiger partial charge in [-0.15, -0.1) is 11.3 Å². The quantitative estimate of drug-likeness (QED) is 0.854. The first-order valence-electron chi connectivity index (χ1n) is 5.72. The normalized spacial score (nSPS) is 10.1. The van der Waals surface area contributed by atoms with Crippen molar-refractivity contribution in [2.24, 2.45) is 0 Å². The Kier molecular flexibility index (Phi) is 4.33. The summed E-state index contributed by atoms with van der Waals surface area (Å²) < 4.78 is 0. The fourth-order valence-corrected chi connectivity index (χ4v) is 2.37. The molecule has 1 aromatic carbocycles. The van der Waals surface area contributed by atoms with Crippen LogP contribution in [0.3, 0.4) is 0 Å². The lowest BCUT2D eigenvalue weighted by atomic mass is 10.2. The fourth-order valence-electron chi connectivity index (χ4n) is 1.62. The van der Waals surface area contributed by atoms with E-state index in [1.807, 2.05) is 36.4 Å². The molecule has 0 aliphatic carbocycles. The minimum atomic E-state index is 0.0905. The minimum Gasteiger partial charge on any atom is -0.326 e. The predicted molar refractivity (Wildman–Crippen MR) is 72.3 cm³/mol. The van der Waals surface area contributed by atoms with E-state index in [-0.39, 0.29) is 5.91 Å². The molecule has 1 N–H and O–H groups in total. The Hall–Kier alpha value is -1.61. The average molecular weight is 245 g/mol. The molecule has 88 valence electrons. The largest absolute Gasteiger partial charge is 0.326 e. The summed E-state index contributed by atoms with van der Waals surface area (Å²) in [6.07, 6.45) is 2.46. The van der Waals surface area contributed by atoms with Gasteiger partial charge in [0.15, 0.2) is 0 Å². The molecule has 0 aliphatic rings. The molecule has 1 aromatic heterocycles. The van der Waals surface area contributed by atoms with E-state index in [0.29, 0.717) is 6.42 Å². The van der Waals surface area contributed by atoms with Crippen LogP contribution in [0.25, 0.3) is 0 Å². The Morgan fingerprint density at radius 1 is 1.12 bits per heavy atom. The average Bonchev–Trinajstić information content (AvgIpc) is 2.83. The standard InChI is InChI=1S/C14H15NOS/c16-14(15-12-6-2-1-3-7-12)10-4-8-13-9-5-11-17-13/h1-3,5-7,9,11H,4,8,10H2,(H,15,16). The number of nitrogens with one attached hydrogen (secondary N) is 1. The van der Waals surface area contributed by atoms with Crippen LogP contribution in [-0.2, 0) is 11.2 Å². The number of carbonyl (C=O) groups is 1. The van der Waals surface area contributed by atoms with E-state index in [1.54, 1.807) is 11.3 Å². The maximum atomic E-state index is 11.6. The maximum Gasteiger partial charge on any atom is 0.224 e. The number of anilines is 1. The lowest BCUT2D eigenvalue weighted by Crippen LogP contribution is -2.11. The number of amides is 1. The Morgan fingerprint density at radius 3 is 2.65 bits per heavy atom. The van der Waals surface area contributed by atoms with Crippen molar-refractivity contribution >= 4 is 22.9 Å². The maximum absolute atomic E-state index is 11.6. The van der Waals surface area contributed by atoms with E-state index in [1.165, 1.54) is 4.88 Å². The molecule has 0 atom stereocenters. The van der Waals surface area contributed by atoms with Gasteiger partial charge in [-0.2, -0.15) is 0 Å². The van der Waals surface area contributed by atoms with Gasteiger partial charge in [0.05, 0.1) is 0 Å². The fraction of sp³-hybridized carbons (Fsp3) is 0.214. The molecule has 0 bridgehead atoms. The van der Waals surface area contributed by atoms with Gasteiger partial charge >= 0.3 is 0 Å². The number of aryl methyl sites for hydroxylation is 1. The summed E-state index contributed by atoms with van der Waals surface area (Å²) in [6.45, 7) is 0. The number of benzene rings is 1. The topological polar surface area (TPSA) is 29.1 Å². The van der Waals surface area contributed by atoms with E-state index in [9.17, 15) is 4.79 Å². The van der Waals surface area contributed by atoms with Crippen LogP contribution in [0.4, 0.5) is 5.69 Å². The van der Waals surface area contributed by atoms with Crippen LogP contribution in [0.2, 0.25) is 0 Å². The molecule has 0 aliphatic heterocycles. The van der Waals surface area contributed by atoms with Gasteiger partial charge in [0.1, 0.15) is 0 Å². The van der Waals surface area contributed by atoms with Crippen molar-refractivity contribution in [2.75, 3.05) is 5.32 Å². The summed E-state index contributed by atoms with van der Waals surface area (Å²) in [5, 5.41) is 4.96. The highest BCUT2D eigenvalue weighted by Gasteiger charge is 2.02. The van der Waals surface area contributed by atoms with Crippen molar-refractivity contribution in [1.82, 2.24) is 0 Å². The zero-order valence-corrected chi connectivity index (χ0v) is 10.4. The molecule has 2 nitrogen and oxygen atoms in total. The van der Waals surface area contributed by atoms with E-state index < -0.39 is 0 Å². The Labute approximate surface area is 105 Å². The molecule has 2 aromatic rings. The van der Waals surface area contributed by atoms with Crippen molar-refractivity contribution in [2.45, 2.75) is 19.3 Å². The molecule has 0 unspecified atom stereocenters. The lowest BCUT2D eigenvalue weighted by molar-refractivity contribution is -0.116. The van der Waals surface area contributed by atoms with Crippen LogP contribution in [0.15, 0.2) is 47.8 Å². The zero-order valence-electron chi connectivity index (χ0n) is 9.56. The third-order valence-corrected chi connectivity index (χ3v) is 3.40. The molecular formula is C14H15NOS. The Morgan fingerprint density at radius 2 is 1.94 bits per heavy atom. The number of para-hydroxylation sites is 1. The summed E-state index contributed by atoms with van der Waals surface area (Å²) in [5.74, 6) is 0.0905. The highest BCUT2D eigenvalue weighted by atomic mass is 32.1. The first-order valence-corrected chi connectivity index (χ1v) is 6.60. The second kappa shape index (κ2) is 6.21. The highest BCUT2D eigenvalue weighted by molar-refractivity contribution is 7.09. The second-order valence-corrected chi connectivity index (χ2v) is 4.88. The van der Waals surface area contributed by atoms with Crippen molar-refractivity contribution < 1.29 is 4.79 Å². The summed E-state index contributed by atoms with van der Waals surface area (Å²) in [4.78, 5) is 13.0. The SMILES string of the molecule is O=C(CCCc1cccs1)Nc1ccccc1. The van der Waals surface area contributed by atoms with Crippen LogP contribution in [0, 0.1) is 0 Å². The van der Waals surface area contributed by atoms with E-state index in [2.05, 4.69) is 16.8 Å². The summed E-state index contributed by atoms with van der Waals surface area (Å²) in [7, 11) is 0. The molecule has 3 heteroatoms. The third kappa shape index (κ3) is 4.04. The van der Waals surface area contributed by atoms with Crippen LogP contribution in [-0.4, -0.2) is 5.91 Å². The van der Waals surface area contributed by atoms with E-state index in [4.69, 9.17) is 0 Å². The zero-order chi connectivity index (χ0) is 11.9. The van der Waals surface area contributed by atoms with Gasteiger partial charge in [-0.05, 0) is 36.4 Å². The van der Waals surface area contributed by atoms with Gasteiger partial charge in [0.25, 0.3) is 0 Å². The molecule has 17 heavy (non-hydrogen) atoms. The number of hydrogen-bond acceptors (Lipinski definition) is 2. The molecular weight excluding hydrogens is 230 g/mol. The molecule has 0 saturated heterocycles. The number of rotatable bonds is 5. The molecule has 1 heterocycles. The first kappa shape index (κ1) is 11.9. The minimum absolute atomic E-state index is 0.0905. The van der Waals surface area contributed by atoms with Gasteiger partial charge in [0.2, 0.25) is 5.91 Å². The molecule has 0 saturated carbocycles. The van der Waals surface area contributed by atoms with Gasteiger partial charge in [-0.25, -0.2) is 0 Å². The first-order chi connectivity index (χ1) is 8.34. The van der Waals surface area contributed by atoms with Crippen LogP contribution < -0.4 is 5.32 Å². The Bertz CT molecular complexity index is 450. The number of carbonyl (C=O) groups excluding carboxylic acids is 1. The molecule has 0 spiro atoms. The van der Waals surface area contributed by atoms with Crippen molar-refractivity contribution in [1.29, 1.82) is 0 Å². The third-order valence-electron chi connectivity index (χ3n) is 2.46. The lowest BCUT2D eigenvalue weighted by Gasteiger charge is -2.04. The summed E-state index contributed by atoms with van der Waals surface area (Å²) in [6, 6.07) is 13.7. The number of hydrogen-bond donors (Lipinski definition) is 1. The van der Waals surface area contributed by atoms with E-state index >= 15 is 0 Å². The Balaban J connectivity index is 1.71. The molecule has 2 rings (SSSR count). The van der Waals surface area contributed by atoms with Crippen LogP contribution in [0.5, 0.6) is 0 Å². The van der Waals surface area contributed by atoms with Gasteiger partial charge < -0.3 is 5.32 Å². The van der Waals surface area contributed by atoms with Gasteiger partial charge in [0, 0.05) is 17.0 Å². The van der Waals surface area contributed by atoms with E-state index in [0.717, 1.165) is 18.5 Å². The smallest absolute Gasteiger partial charge is 0.224 e. The van der Waals surface area contributed by atoms with Crippen molar-refractivity contribution in [3.63, 3.8) is 0 Å². The molecule has 0 radical (unpaired) electrons. The summed E-state index contributed by atoms with van der Waals surface area (Å²) in [5.41, 5.74) is 0.869. The van der Waals surface area contributed by atoms with Crippen LogP contribution >= 0.6 is 11.3 Å². The summed E-state index contributed by atoms with van der Waals surface area (Å²) >= 11 is 1.75. The van der Waals surface area contributed by atoms with Crippen LogP contribution in [0.1, 0.15) is 17.7 Å². The molecule has 1 amide bonds. The number of thiophene rings is 1. The molecule has 0 fully saturated rings. The van der Waals surface area contributed by atoms with Gasteiger partial charge in [-0.3, -0.25) is 4.79 Å². The van der Waals surface area contributed by atoms with Crippen molar-refractivity contribution in [3.8, 4) is 0 Å². The highest BCUT2D eigenvalue weighted by Crippen LogP contribution is 2.12.